The number of amides is 2. The molecule has 2 N–H and O–H groups in total. The quantitative estimate of drug-likeness (QED) is 0.296. The topological polar surface area (TPSA) is 87.2 Å². The molecule has 12 heavy (non-hydrogen) atoms. The van der Waals surface area contributed by atoms with Gasteiger partial charge in [0.15, 0.2) is 0 Å². The van der Waals surface area contributed by atoms with E-state index >= 15 is 0 Å². The van der Waals surface area contributed by atoms with Gasteiger partial charge in [0.1, 0.15) is 11.6 Å². The summed E-state index contributed by atoms with van der Waals surface area (Å²) in [4.78, 5) is 22.0. The van der Waals surface area contributed by atoms with Gasteiger partial charge in [0.25, 0.3) is 5.91 Å². The van der Waals surface area contributed by atoms with Crippen LogP contribution in [0, 0.1) is 11.3 Å². The zero-order valence-electron chi connectivity index (χ0n) is 6.50. The molecule has 0 fully saturated rings. The Morgan fingerprint density at radius 3 is 2.67 bits per heavy atom. The molecule has 62 valence electrons. The molecule has 1 aliphatic heterocycles. The molecule has 1 rings (SSSR count). The number of imide groups is 1. The number of nitrogens with two attached hydrogens (primary N) is 1. The fourth-order valence-electron chi connectivity index (χ4n) is 0.960. The van der Waals surface area contributed by atoms with Crippen molar-refractivity contribution in [1.29, 1.82) is 5.26 Å². The SMILES string of the molecule is CC1=C(C#N)C(=O)N(N)C(=O)C1. The van der Waals surface area contributed by atoms with Gasteiger partial charge in [0.2, 0.25) is 5.91 Å². The van der Waals surface area contributed by atoms with E-state index in [4.69, 9.17) is 11.1 Å². The third-order valence-electron chi connectivity index (χ3n) is 1.66. The lowest BCUT2D eigenvalue weighted by atomic mass is 10.0. The predicted molar refractivity (Wildman–Crippen MR) is 39.0 cm³/mol. The van der Waals surface area contributed by atoms with Gasteiger partial charge in [-0.3, -0.25) is 9.59 Å². The first-order valence-electron chi connectivity index (χ1n) is 3.29. The van der Waals surface area contributed by atoms with E-state index in [0.717, 1.165) is 0 Å². The minimum Gasteiger partial charge on any atom is -0.273 e. The maximum absolute atomic E-state index is 11.1. The van der Waals surface area contributed by atoms with Crippen LogP contribution in [0.4, 0.5) is 0 Å². The summed E-state index contributed by atoms with van der Waals surface area (Å²) >= 11 is 0. The van der Waals surface area contributed by atoms with E-state index < -0.39 is 11.8 Å². The fraction of sp³-hybridized carbons (Fsp3) is 0.286. The van der Waals surface area contributed by atoms with Crippen LogP contribution in [0.5, 0.6) is 0 Å². The molecule has 0 radical (unpaired) electrons. The second kappa shape index (κ2) is 2.75. The van der Waals surface area contributed by atoms with E-state index in [1.807, 2.05) is 0 Å². The average Bonchev–Trinajstić information content (AvgIpc) is 2.01. The van der Waals surface area contributed by atoms with Gasteiger partial charge in [-0.05, 0) is 12.5 Å². The van der Waals surface area contributed by atoms with Crippen LogP contribution in [0.1, 0.15) is 13.3 Å². The first-order valence-corrected chi connectivity index (χ1v) is 3.29. The summed E-state index contributed by atoms with van der Waals surface area (Å²) < 4.78 is 0. The minimum atomic E-state index is -0.716. The van der Waals surface area contributed by atoms with E-state index in [0.29, 0.717) is 10.6 Å². The number of nitrogens with zero attached hydrogens (tertiary/aromatic N) is 2. The standard InChI is InChI=1S/C7H7N3O2/c1-4-2-6(11)10(9)7(12)5(4)3-8/h2,9H2,1H3. The molecule has 0 aromatic rings. The lowest BCUT2D eigenvalue weighted by molar-refractivity contribution is -0.143. The minimum absolute atomic E-state index is 0.0305. The molecule has 5 nitrogen and oxygen atoms in total. The van der Waals surface area contributed by atoms with Crippen molar-refractivity contribution in [3.63, 3.8) is 0 Å². The second-order valence-electron chi connectivity index (χ2n) is 2.51. The highest BCUT2D eigenvalue weighted by atomic mass is 16.2. The van der Waals surface area contributed by atoms with Crippen LogP contribution in [0.2, 0.25) is 0 Å². The van der Waals surface area contributed by atoms with Crippen molar-refractivity contribution in [3.05, 3.63) is 11.1 Å². The van der Waals surface area contributed by atoms with E-state index in [9.17, 15) is 9.59 Å². The van der Waals surface area contributed by atoms with Crippen LogP contribution in [-0.2, 0) is 9.59 Å². The molecule has 0 bridgehead atoms. The second-order valence-corrected chi connectivity index (χ2v) is 2.51. The molecule has 0 saturated heterocycles. The number of carbonyl (C=O) groups excluding carboxylic acids is 2. The molecule has 0 atom stereocenters. The summed E-state index contributed by atoms with van der Waals surface area (Å²) in [6.45, 7) is 1.57. The molecule has 0 unspecified atom stereocenters. The van der Waals surface area contributed by atoms with Crippen molar-refractivity contribution < 1.29 is 9.59 Å². The molecule has 5 heteroatoms. The first-order chi connectivity index (χ1) is 5.57. The van der Waals surface area contributed by atoms with E-state index in [2.05, 4.69) is 0 Å². The zero-order valence-corrected chi connectivity index (χ0v) is 6.50. The third-order valence-corrected chi connectivity index (χ3v) is 1.66. The summed E-state index contributed by atoms with van der Waals surface area (Å²) in [5, 5.41) is 8.99. The molecule has 0 aromatic carbocycles. The van der Waals surface area contributed by atoms with Crippen LogP contribution >= 0.6 is 0 Å². The number of hydrazine groups is 1. The highest BCUT2D eigenvalue weighted by Crippen LogP contribution is 2.16. The molecule has 1 aliphatic rings. The van der Waals surface area contributed by atoms with Crippen LogP contribution in [-0.4, -0.2) is 16.8 Å². The molecule has 0 saturated carbocycles. The summed E-state index contributed by atoms with van der Waals surface area (Å²) in [5.41, 5.74) is 0.450. The summed E-state index contributed by atoms with van der Waals surface area (Å²) in [5.74, 6) is 3.91. The maximum atomic E-state index is 11.1. The Balaban J connectivity index is 3.15. The molecule has 0 spiro atoms. The first kappa shape index (κ1) is 8.43. The van der Waals surface area contributed by atoms with E-state index in [1.165, 1.54) is 0 Å². The van der Waals surface area contributed by atoms with Crippen LogP contribution < -0.4 is 5.84 Å². The normalized spacial score (nSPS) is 18.2. The maximum Gasteiger partial charge on any atom is 0.285 e. The van der Waals surface area contributed by atoms with Crippen molar-refractivity contribution >= 4 is 11.8 Å². The van der Waals surface area contributed by atoms with Crippen molar-refractivity contribution in [2.45, 2.75) is 13.3 Å². The van der Waals surface area contributed by atoms with Gasteiger partial charge in [0.05, 0.1) is 6.42 Å². The van der Waals surface area contributed by atoms with Crippen molar-refractivity contribution in [3.8, 4) is 6.07 Å². The largest absolute Gasteiger partial charge is 0.285 e. The molecule has 2 amide bonds. The Kier molecular flexibility index (Phi) is 1.93. The van der Waals surface area contributed by atoms with E-state index in [-0.39, 0.29) is 12.0 Å². The Morgan fingerprint density at radius 2 is 2.17 bits per heavy atom. The molecule has 1 heterocycles. The molecule has 0 aromatic heterocycles. The Bertz CT molecular complexity index is 324. The molecular formula is C7H7N3O2. The molecule has 0 aliphatic carbocycles. The smallest absolute Gasteiger partial charge is 0.273 e. The van der Waals surface area contributed by atoms with Gasteiger partial charge in [-0.1, -0.05) is 0 Å². The summed E-state index contributed by atoms with van der Waals surface area (Å²) in [7, 11) is 0. The number of hydrogen-bond acceptors (Lipinski definition) is 4. The van der Waals surface area contributed by atoms with Gasteiger partial charge in [0, 0.05) is 0 Å². The van der Waals surface area contributed by atoms with E-state index in [1.54, 1.807) is 13.0 Å². The average molecular weight is 165 g/mol. The highest BCUT2D eigenvalue weighted by molar-refractivity contribution is 6.10. The summed E-state index contributed by atoms with van der Waals surface area (Å²) in [6, 6.07) is 1.71. The van der Waals surface area contributed by atoms with Crippen LogP contribution in [0.15, 0.2) is 11.1 Å². The lowest BCUT2D eigenvalue weighted by Gasteiger charge is -2.19. The highest BCUT2D eigenvalue weighted by Gasteiger charge is 2.29. The van der Waals surface area contributed by atoms with Crippen LogP contribution in [0.3, 0.4) is 0 Å². The van der Waals surface area contributed by atoms with Crippen molar-refractivity contribution in [1.82, 2.24) is 5.01 Å². The molecular weight excluding hydrogens is 158 g/mol. The monoisotopic (exact) mass is 165 g/mol. The van der Waals surface area contributed by atoms with Gasteiger partial charge in [-0.15, -0.1) is 0 Å². The van der Waals surface area contributed by atoms with Crippen molar-refractivity contribution in [2.24, 2.45) is 5.84 Å². The summed E-state index contributed by atoms with van der Waals surface area (Å²) in [6.07, 6.45) is 0.0468. The number of rotatable bonds is 0. The Labute approximate surface area is 69.0 Å². The zero-order chi connectivity index (χ0) is 9.30. The lowest BCUT2D eigenvalue weighted by Crippen LogP contribution is -2.46. The fourth-order valence-corrected chi connectivity index (χ4v) is 0.960. The number of hydrogen-bond donors (Lipinski definition) is 1. The Hall–Kier alpha value is -1.67. The van der Waals surface area contributed by atoms with Crippen LogP contribution in [0.25, 0.3) is 0 Å². The van der Waals surface area contributed by atoms with Gasteiger partial charge < -0.3 is 0 Å². The third kappa shape index (κ3) is 1.08. The Morgan fingerprint density at radius 1 is 1.58 bits per heavy atom. The van der Waals surface area contributed by atoms with Crippen molar-refractivity contribution in [2.75, 3.05) is 0 Å². The number of nitriles is 1. The number of carbonyl (C=O) groups is 2. The predicted octanol–water partition coefficient (Wildman–Crippen LogP) is -0.541. The van der Waals surface area contributed by atoms with Gasteiger partial charge in [-0.2, -0.15) is 5.26 Å². The van der Waals surface area contributed by atoms with Gasteiger partial charge in [-0.25, -0.2) is 10.9 Å². The van der Waals surface area contributed by atoms with Gasteiger partial charge >= 0.3 is 0 Å².